The van der Waals surface area contributed by atoms with E-state index in [1.165, 1.54) is 0 Å². The van der Waals surface area contributed by atoms with Gasteiger partial charge in [0.25, 0.3) is 11.6 Å². The van der Waals surface area contributed by atoms with Crippen LogP contribution in [0.25, 0.3) is 11.1 Å². The molecule has 0 aliphatic rings. The molecule has 0 aliphatic heterocycles. The fourth-order valence-electron chi connectivity index (χ4n) is 2.37. The molecule has 3 aromatic heterocycles. The van der Waals surface area contributed by atoms with Gasteiger partial charge in [-0.05, 0) is 30.5 Å². The molecule has 0 bridgehead atoms. The van der Waals surface area contributed by atoms with E-state index in [1.807, 2.05) is 32.0 Å². The standard InChI is InChI=1S/C17H18N4O2/c1-10(2)14-7-13(15-11(3)21-23-17(15)20-14)16(22)19-9-12-5-4-6-18-8-12/h4-8,10H,9H2,1-3H3,(H,19,22). The van der Waals surface area contributed by atoms with Gasteiger partial charge in [-0.1, -0.05) is 25.1 Å². The van der Waals surface area contributed by atoms with Gasteiger partial charge >= 0.3 is 0 Å². The molecule has 118 valence electrons. The van der Waals surface area contributed by atoms with Crippen LogP contribution in [0.4, 0.5) is 0 Å². The average Bonchev–Trinajstić information content (AvgIpc) is 2.94. The molecule has 0 spiro atoms. The number of nitrogens with one attached hydrogen (secondary N) is 1. The Hall–Kier alpha value is -2.76. The number of fused-ring (bicyclic) bond motifs is 1. The Kier molecular flexibility index (Phi) is 4.06. The van der Waals surface area contributed by atoms with Crippen LogP contribution in [0, 0.1) is 6.92 Å². The molecule has 3 heterocycles. The number of amides is 1. The van der Waals surface area contributed by atoms with E-state index in [-0.39, 0.29) is 11.8 Å². The van der Waals surface area contributed by atoms with Crippen molar-refractivity contribution in [1.29, 1.82) is 0 Å². The lowest BCUT2D eigenvalue weighted by Crippen LogP contribution is -2.23. The van der Waals surface area contributed by atoms with Crippen molar-refractivity contribution in [2.45, 2.75) is 33.2 Å². The van der Waals surface area contributed by atoms with Gasteiger partial charge in [0, 0.05) is 24.6 Å². The smallest absolute Gasteiger partial charge is 0.259 e. The third kappa shape index (κ3) is 3.06. The van der Waals surface area contributed by atoms with Crippen LogP contribution in [-0.2, 0) is 6.54 Å². The van der Waals surface area contributed by atoms with Crippen LogP contribution in [0.5, 0.6) is 0 Å². The summed E-state index contributed by atoms with van der Waals surface area (Å²) >= 11 is 0. The van der Waals surface area contributed by atoms with E-state index in [4.69, 9.17) is 4.52 Å². The van der Waals surface area contributed by atoms with Gasteiger partial charge in [0.1, 0.15) is 0 Å². The topological polar surface area (TPSA) is 80.9 Å². The number of pyridine rings is 2. The van der Waals surface area contributed by atoms with E-state index in [0.717, 1.165) is 11.3 Å². The van der Waals surface area contributed by atoms with Crippen molar-refractivity contribution >= 4 is 17.0 Å². The van der Waals surface area contributed by atoms with Crippen molar-refractivity contribution in [1.82, 2.24) is 20.4 Å². The maximum absolute atomic E-state index is 12.6. The van der Waals surface area contributed by atoms with Crippen molar-refractivity contribution in [3.8, 4) is 0 Å². The number of nitrogens with zero attached hydrogens (tertiary/aromatic N) is 3. The second-order valence-corrected chi connectivity index (χ2v) is 5.74. The van der Waals surface area contributed by atoms with E-state index < -0.39 is 0 Å². The van der Waals surface area contributed by atoms with Crippen LogP contribution in [0.15, 0.2) is 35.1 Å². The molecule has 0 saturated carbocycles. The largest absolute Gasteiger partial charge is 0.348 e. The highest BCUT2D eigenvalue weighted by Gasteiger charge is 2.19. The summed E-state index contributed by atoms with van der Waals surface area (Å²) in [6.45, 7) is 6.27. The Morgan fingerprint density at radius 3 is 2.91 bits per heavy atom. The number of carbonyl (C=O) groups excluding carboxylic acids is 1. The first-order valence-corrected chi connectivity index (χ1v) is 7.50. The predicted molar refractivity (Wildman–Crippen MR) is 86.0 cm³/mol. The van der Waals surface area contributed by atoms with Crippen molar-refractivity contribution in [3.63, 3.8) is 0 Å². The van der Waals surface area contributed by atoms with Crippen LogP contribution >= 0.6 is 0 Å². The average molecular weight is 310 g/mol. The van der Waals surface area contributed by atoms with E-state index in [9.17, 15) is 4.79 Å². The number of carbonyl (C=O) groups is 1. The third-order valence-corrected chi connectivity index (χ3v) is 3.65. The van der Waals surface area contributed by atoms with Crippen LogP contribution in [0.3, 0.4) is 0 Å². The first-order chi connectivity index (χ1) is 11.1. The summed E-state index contributed by atoms with van der Waals surface area (Å²) < 4.78 is 5.24. The number of rotatable bonds is 4. The molecule has 0 aliphatic carbocycles. The predicted octanol–water partition coefficient (Wildman–Crippen LogP) is 2.98. The molecule has 0 radical (unpaired) electrons. The maximum Gasteiger partial charge on any atom is 0.259 e. The Labute approximate surface area is 133 Å². The fraction of sp³-hybridized carbons (Fsp3) is 0.294. The van der Waals surface area contributed by atoms with Crippen LogP contribution in [-0.4, -0.2) is 21.0 Å². The molecule has 3 rings (SSSR count). The van der Waals surface area contributed by atoms with Gasteiger partial charge in [0.05, 0.1) is 16.6 Å². The summed E-state index contributed by atoms with van der Waals surface area (Å²) in [7, 11) is 0. The highest BCUT2D eigenvalue weighted by molar-refractivity contribution is 6.06. The Balaban J connectivity index is 1.94. The van der Waals surface area contributed by atoms with Gasteiger partial charge < -0.3 is 9.84 Å². The Bertz CT molecular complexity index is 840. The molecular weight excluding hydrogens is 292 g/mol. The summed E-state index contributed by atoms with van der Waals surface area (Å²) in [5.41, 5.74) is 3.35. The molecule has 0 aromatic carbocycles. The third-order valence-electron chi connectivity index (χ3n) is 3.65. The van der Waals surface area contributed by atoms with E-state index in [0.29, 0.717) is 28.9 Å². The zero-order valence-corrected chi connectivity index (χ0v) is 13.3. The zero-order valence-electron chi connectivity index (χ0n) is 13.3. The second-order valence-electron chi connectivity index (χ2n) is 5.74. The van der Waals surface area contributed by atoms with Crippen LogP contribution in [0.1, 0.15) is 47.1 Å². The number of aromatic nitrogens is 3. The van der Waals surface area contributed by atoms with Gasteiger partial charge in [0.15, 0.2) is 0 Å². The van der Waals surface area contributed by atoms with Crippen molar-refractivity contribution < 1.29 is 9.32 Å². The zero-order chi connectivity index (χ0) is 16.4. The van der Waals surface area contributed by atoms with Crippen LogP contribution < -0.4 is 5.32 Å². The molecule has 3 aromatic rings. The van der Waals surface area contributed by atoms with E-state index in [1.54, 1.807) is 19.3 Å². The van der Waals surface area contributed by atoms with Gasteiger partial charge in [0.2, 0.25) is 0 Å². The van der Waals surface area contributed by atoms with Gasteiger partial charge in [-0.3, -0.25) is 9.78 Å². The lowest BCUT2D eigenvalue weighted by molar-refractivity contribution is 0.0952. The lowest BCUT2D eigenvalue weighted by Gasteiger charge is -2.09. The molecule has 1 N–H and O–H groups in total. The van der Waals surface area contributed by atoms with Crippen molar-refractivity contribution in [2.24, 2.45) is 0 Å². The quantitative estimate of drug-likeness (QED) is 0.801. The molecular formula is C17H18N4O2. The molecule has 0 fully saturated rings. The van der Waals surface area contributed by atoms with Gasteiger partial charge in [-0.2, -0.15) is 0 Å². The summed E-state index contributed by atoms with van der Waals surface area (Å²) in [6.07, 6.45) is 3.43. The monoisotopic (exact) mass is 310 g/mol. The number of aryl methyl sites for hydroxylation is 1. The van der Waals surface area contributed by atoms with Gasteiger partial charge in [-0.15, -0.1) is 0 Å². The number of hydrogen-bond acceptors (Lipinski definition) is 5. The van der Waals surface area contributed by atoms with Crippen molar-refractivity contribution in [2.75, 3.05) is 0 Å². The second kappa shape index (κ2) is 6.16. The fourth-order valence-corrected chi connectivity index (χ4v) is 2.37. The first-order valence-electron chi connectivity index (χ1n) is 7.50. The molecule has 6 nitrogen and oxygen atoms in total. The molecule has 23 heavy (non-hydrogen) atoms. The molecule has 0 saturated heterocycles. The normalized spacial score (nSPS) is 11.1. The molecule has 0 unspecified atom stereocenters. The Morgan fingerprint density at radius 2 is 2.22 bits per heavy atom. The minimum Gasteiger partial charge on any atom is -0.348 e. The van der Waals surface area contributed by atoms with Crippen LogP contribution in [0.2, 0.25) is 0 Å². The van der Waals surface area contributed by atoms with Crippen molar-refractivity contribution in [3.05, 3.63) is 53.1 Å². The minimum atomic E-state index is -0.172. The number of hydrogen-bond donors (Lipinski definition) is 1. The van der Waals surface area contributed by atoms with E-state index in [2.05, 4.69) is 20.4 Å². The molecule has 6 heteroatoms. The molecule has 1 amide bonds. The van der Waals surface area contributed by atoms with Gasteiger partial charge in [-0.25, -0.2) is 4.98 Å². The highest BCUT2D eigenvalue weighted by atomic mass is 16.5. The van der Waals surface area contributed by atoms with E-state index >= 15 is 0 Å². The summed E-state index contributed by atoms with van der Waals surface area (Å²) in [6, 6.07) is 5.57. The minimum absolute atomic E-state index is 0.172. The Morgan fingerprint density at radius 1 is 1.39 bits per heavy atom. The summed E-state index contributed by atoms with van der Waals surface area (Å²) in [4.78, 5) is 21.1. The SMILES string of the molecule is Cc1noc2nc(C(C)C)cc(C(=O)NCc3cccnc3)c12. The first kappa shape index (κ1) is 15.1. The summed E-state index contributed by atoms with van der Waals surface area (Å²) in [5, 5.41) is 7.51. The molecule has 0 atom stereocenters. The lowest BCUT2D eigenvalue weighted by atomic mass is 10.0. The maximum atomic E-state index is 12.6. The summed E-state index contributed by atoms with van der Waals surface area (Å²) in [5.74, 6) is 0.0177. The highest BCUT2D eigenvalue weighted by Crippen LogP contribution is 2.25.